The van der Waals surface area contributed by atoms with Gasteiger partial charge >= 0.3 is 0 Å². The van der Waals surface area contributed by atoms with E-state index in [0.717, 1.165) is 30.6 Å². The molecule has 33 heavy (non-hydrogen) atoms. The van der Waals surface area contributed by atoms with Gasteiger partial charge in [-0.3, -0.25) is 0 Å². The Labute approximate surface area is 206 Å². The third-order valence-corrected chi connectivity index (χ3v) is 3.51. The zero-order valence-electron chi connectivity index (χ0n) is 23.4. The van der Waals surface area contributed by atoms with Gasteiger partial charge in [0.05, 0.1) is 13.2 Å². The van der Waals surface area contributed by atoms with Crippen LogP contribution in [-0.2, 0) is 4.74 Å². The van der Waals surface area contributed by atoms with Gasteiger partial charge in [0.15, 0.2) is 0 Å². The summed E-state index contributed by atoms with van der Waals surface area (Å²) in [5.41, 5.74) is 0. The molecule has 3 nitrogen and oxygen atoms in total. The van der Waals surface area contributed by atoms with E-state index in [1.165, 1.54) is 19.3 Å². The van der Waals surface area contributed by atoms with Crippen molar-refractivity contribution in [2.45, 2.75) is 94.6 Å². The summed E-state index contributed by atoms with van der Waals surface area (Å²) < 4.78 is 15.9. The molecule has 0 aromatic heterocycles. The third-order valence-electron chi connectivity index (χ3n) is 3.51. The Morgan fingerprint density at radius 3 is 1.27 bits per heavy atom. The highest BCUT2D eigenvalue weighted by molar-refractivity contribution is 5.21. The molecule has 3 heteroatoms. The average Bonchev–Trinajstić information content (AvgIpc) is 3.84. The van der Waals surface area contributed by atoms with Gasteiger partial charge in [-0.2, -0.15) is 0 Å². The predicted molar refractivity (Wildman–Crippen MR) is 148 cm³/mol. The molecule has 1 aliphatic carbocycles. The SMILES string of the molecule is CC.CC.CC.CC.CCC.c1ccc(OCC2CC2)cc1.c1ccc(OCC2CO2)cc1. The lowest BCUT2D eigenvalue weighted by Crippen LogP contribution is -2.03. The van der Waals surface area contributed by atoms with Gasteiger partial charge < -0.3 is 14.2 Å². The zero-order chi connectivity index (χ0) is 25.7. The molecule has 1 aliphatic heterocycles. The number of rotatable bonds is 6. The van der Waals surface area contributed by atoms with Crippen LogP contribution in [0.25, 0.3) is 0 Å². The molecule has 0 bridgehead atoms. The van der Waals surface area contributed by atoms with Crippen molar-refractivity contribution in [3.63, 3.8) is 0 Å². The zero-order valence-corrected chi connectivity index (χ0v) is 23.4. The van der Waals surface area contributed by atoms with Crippen LogP contribution in [0.3, 0.4) is 0 Å². The van der Waals surface area contributed by atoms with Gasteiger partial charge in [0.2, 0.25) is 0 Å². The summed E-state index contributed by atoms with van der Waals surface area (Å²) in [5, 5.41) is 0. The van der Waals surface area contributed by atoms with Gasteiger partial charge in [-0.05, 0) is 43.0 Å². The summed E-state index contributed by atoms with van der Waals surface area (Å²) in [6.07, 6.45) is 4.30. The van der Waals surface area contributed by atoms with E-state index in [-0.39, 0.29) is 0 Å². The third kappa shape index (κ3) is 26.1. The summed E-state index contributed by atoms with van der Waals surface area (Å²) in [7, 11) is 0. The Hall–Kier alpha value is -2.00. The van der Waals surface area contributed by atoms with Crippen LogP contribution in [0.2, 0.25) is 0 Å². The number of epoxide rings is 1. The van der Waals surface area contributed by atoms with E-state index in [9.17, 15) is 0 Å². The maximum atomic E-state index is 5.53. The molecule has 1 atom stereocenters. The molecule has 1 saturated carbocycles. The molecule has 192 valence electrons. The second kappa shape index (κ2) is 30.0. The average molecular weight is 463 g/mol. The molecule has 0 spiro atoms. The fourth-order valence-electron chi connectivity index (χ4n) is 1.89. The van der Waals surface area contributed by atoms with E-state index >= 15 is 0 Å². The smallest absolute Gasteiger partial charge is 0.119 e. The molecular formula is C30H54O3. The second-order valence-corrected chi connectivity index (χ2v) is 6.35. The summed E-state index contributed by atoms with van der Waals surface area (Å²) in [6, 6.07) is 19.8. The van der Waals surface area contributed by atoms with Crippen molar-refractivity contribution in [1.82, 2.24) is 0 Å². The molecule has 4 rings (SSSR count). The van der Waals surface area contributed by atoms with E-state index in [1.807, 2.05) is 116 Å². The van der Waals surface area contributed by atoms with Crippen LogP contribution in [0, 0.1) is 5.92 Å². The predicted octanol–water partition coefficient (Wildman–Crippen LogP) is 9.46. The van der Waals surface area contributed by atoms with Crippen LogP contribution in [0.1, 0.15) is 88.5 Å². The van der Waals surface area contributed by atoms with Crippen LogP contribution in [-0.4, -0.2) is 25.9 Å². The summed E-state index contributed by atoms with van der Waals surface area (Å²) in [4.78, 5) is 0. The van der Waals surface area contributed by atoms with Crippen molar-refractivity contribution >= 4 is 0 Å². The van der Waals surface area contributed by atoms with Gasteiger partial charge in [0, 0.05) is 0 Å². The first-order valence-electron chi connectivity index (χ1n) is 13.3. The normalized spacial score (nSPS) is 13.8. The Morgan fingerprint density at radius 2 is 0.970 bits per heavy atom. The first-order chi connectivity index (χ1) is 16.3. The number of ether oxygens (including phenoxy) is 3. The summed E-state index contributed by atoms with van der Waals surface area (Å²) >= 11 is 0. The van der Waals surface area contributed by atoms with Crippen molar-refractivity contribution in [2.75, 3.05) is 19.8 Å². The molecule has 0 N–H and O–H groups in total. The summed E-state index contributed by atoms with van der Waals surface area (Å²) in [6.45, 7) is 22.7. The van der Waals surface area contributed by atoms with Gasteiger partial charge in [-0.1, -0.05) is 112 Å². The van der Waals surface area contributed by atoms with Crippen LogP contribution in [0.15, 0.2) is 60.7 Å². The first-order valence-corrected chi connectivity index (χ1v) is 13.3. The molecular weight excluding hydrogens is 408 g/mol. The van der Waals surface area contributed by atoms with Gasteiger partial charge in [0.25, 0.3) is 0 Å². The monoisotopic (exact) mass is 462 g/mol. The Balaban J connectivity index is -0.000000386. The number of para-hydroxylation sites is 2. The highest BCUT2D eigenvalue weighted by Gasteiger charge is 2.23. The fraction of sp³-hybridized carbons (Fsp3) is 0.600. The minimum atomic E-state index is 0.343. The lowest BCUT2D eigenvalue weighted by molar-refractivity contribution is 0.263. The van der Waals surface area contributed by atoms with Crippen molar-refractivity contribution in [3.8, 4) is 11.5 Å². The second-order valence-electron chi connectivity index (χ2n) is 6.35. The Kier molecular flexibility index (Phi) is 32.4. The fourth-order valence-corrected chi connectivity index (χ4v) is 1.89. The molecule has 2 aromatic rings. The molecule has 0 radical (unpaired) electrons. The standard InChI is InChI=1S/C10H12O.C9H10O2.C3H8.4C2H6/c1-2-4-10(5-3-1)11-8-9-6-7-9;1-2-4-8(5-3-1)10-6-9-7-11-9;1-3-2;4*1-2/h1-5,9H,6-8H2;1-5,9H,6-7H2;3H2,1-2H3;4*1-2H3. The molecule has 1 heterocycles. The molecule has 2 aliphatic rings. The van der Waals surface area contributed by atoms with Crippen LogP contribution < -0.4 is 9.47 Å². The molecule has 1 unspecified atom stereocenters. The minimum Gasteiger partial charge on any atom is -0.493 e. The highest BCUT2D eigenvalue weighted by Crippen LogP contribution is 2.29. The van der Waals surface area contributed by atoms with E-state index in [1.54, 1.807) is 0 Å². The summed E-state index contributed by atoms with van der Waals surface area (Å²) in [5.74, 6) is 2.76. The highest BCUT2D eigenvalue weighted by atomic mass is 16.6. The maximum Gasteiger partial charge on any atom is 0.119 e. The van der Waals surface area contributed by atoms with Crippen molar-refractivity contribution in [2.24, 2.45) is 5.92 Å². The first kappa shape index (κ1) is 35.6. The van der Waals surface area contributed by atoms with Gasteiger partial charge in [-0.15, -0.1) is 0 Å². The lowest BCUT2D eigenvalue weighted by atomic mass is 10.3. The topological polar surface area (TPSA) is 31.0 Å². The van der Waals surface area contributed by atoms with E-state index in [0.29, 0.717) is 12.7 Å². The minimum absolute atomic E-state index is 0.343. The molecule has 0 amide bonds. The van der Waals surface area contributed by atoms with Gasteiger partial charge in [-0.25, -0.2) is 0 Å². The molecule has 2 aromatic carbocycles. The number of hydrogen-bond acceptors (Lipinski definition) is 3. The van der Waals surface area contributed by atoms with E-state index in [2.05, 4.69) is 13.8 Å². The van der Waals surface area contributed by atoms with E-state index < -0.39 is 0 Å². The van der Waals surface area contributed by atoms with Crippen LogP contribution in [0.4, 0.5) is 0 Å². The van der Waals surface area contributed by atoms with Crippen molar-refractivity contribution in [1.29, 1.82) is 0 Å². The lowest BCUT2D eigenvalue weighted by Gasteiger charge is -2.02. The number of hydrogen-bond donors (Lipinski definition) is 0. The van der Waals surface area contributed by atoms with Crippen LogP contribution in [0.5, 0.6) is 11.5 Å². The molecule has 2 fully saturated rings. The maximum absolute atomic E-state index is 5.53. The van der Waals surface area contributed by atoms with Crippen molar-refractivity contribution < 1.29 is 14.2 Å². The van der Waals surface area contributed by atoms with Crippen molar-refractivity contribution in [3.05, 3.63) is 60.7 Å². The molecule has 1 saturated heterocycles. The largest absolute Gasteiger partial charge is 0.493 e. The number of benzene rings is 2. The van der Waals surface area contributed by atoms with E-state index in [4.69, 9.17) is 14.2 Å². The van der Waals surface area contributed by atoms with Gasteiger partial charge in [0.1, 0.15) is 24.2 Å². The Morgan fingerprint density at radius 1 is 0.636 bits per heavy atom. The quantitative estimate of drug-likeness (QED) is 0.400. The van der Waals surface area contributed by atoms with Crippen LogP contribution >= 0.6 is 0 Å². The Bertz CT molecular complexity index is 498.